The van der Waals surface area contributed by atoms with Gasteiger partial charge in [0.15, 0.2) is 0 Å². The second-order valence-electron chi connectivity index (χ2n) is 4.54. The minimum atomic E-state index is -0.231. The Morgan fingerprint density at radius 1 is 1.58 bits per heavy atom. The molecule has 104 valence electrons. The average Bonchev–Trinajstić information content (AvgIpc) is 2.47. The number of carbonyl (C=O) groups is 1. The molecule has 1 saturated heterocycles. The maximum absolute atomic E-state index is 12.5. The minimum Gasteiger partial charge on any atom is -0.394 e. The quantitative estimate of drug-likeness (QED) is 0.906. The fourth-order valence-corrected chi connectivity index (χ4v) is 2.71. The fraction of sp³-hybridized carbons (Fsp3) is 0.500. The molecule has 2 rings (SSSR count). The lowest BCUT2D eigenvalue weighted by Gasteiger charge is -2.34. The molecule has 0 aliphatic carbocycles. The number of aliphatic hydroxyl groups is 1. The lowest BCUT2D eigenvalue weighted by molar-refractivity contribution is -0.0183. The number of amides is 1. The SMILES string of the molecule is CSCc1cccc(C(=O)N2CCOCC2CO)c1. The molecular formula is C14H19NO3S. The Morgan fingerprint density at radius 2 is 2.42 bits per heavy atom. The molecule has 1 atom stereocenters. The van der Waals surface area contributed by atoms with Gasteiger partial charge in [0, 0.05) is 17.9 Å². The number of morpholine rings is 1. The minimum absolute atomic E-state index is 0.0229. The third-order valence-corrected chi connectivity index (χ3v) is 3.81. The van der Waals surface area contributed by atoms with E-state index in [0.29, 0.717) is 25.3 Å². The van der Waals surface area contributed by atoms with E-state index in [1.807, 2.05) is 30.5 Å². The van der Waals surface area contributed by atoms with Crippen LogP contribution in [-0.4, -0.2) is 54.6 Å². The predicted octanol–water partition coefficient (Wildman–Crippen LogP) is 1.38. The van der Waals surface area contributed by atoms with Crippen LogP contribution in [0.1, 0.15) is 15.9 Å². The molecule has 0 spiro atoms. The number of carbonyl (C=O) groups excluding carboxylic acids is 1. The molecule has 1 unspecified atom stereocenters. The third-order valence-electron chi connectivity index (χ3n) is 3.18. The van der Waals surface area contributed by atoms with Crippen LogP contribution in [-0.2, 0) is 10.5 Å². The van der Waals surface area contributed by atoms with E-state index in [-0.39, 0.29) is 18.6 Å². The zero-order valence-corrected chi connectivity index (χ0v) is 11.9. The van der Waals surface area contributed by atoms with Gasteiger partial charge in [-0.1, -0.05) is 12.1 Å². The van der Waals surface area contributed by atoms with Crippen LogP contribution in [0.15, 0.2) is 24.3 Å². The summed E-state index contributed by atoms with van der Waals surface area (Å²) in [5.74, 6) is 0.874. The summed E-state index contributed by atoms with van der Waals surface area (Å²) in [6.07, 6.45) is 2.04. The summed E-state index contributed by atoms with van der Waals surface area (Å²) >= 11 is 1.73. The molecule has 0 saturated carbocycles. The van der Waals surface area contributed by atoms with Crippen molar-refractivity contribution in [3.8, 4) is 0 Å². The van der Waals surface area contributed by atoms with Crippen molar-refractivity contribution >= 4 is 17.7 Å². The molecule has 1 amide bonds. The van der Waals surface area contributed by atoms with Crippen LogP contribution in [0, 0.1) is 0 Å². The number of thioether (sulfide) groups is 1. The zero-order chi connectivity index (χ0) is 13.7. The van der Waals surface area contributed by atoms with Crippen molar-refractivity contribution in [3.05, 3.63) is 35.4 Å². The van der Waals surface area contributed by atoms with Crippen LogP contribution >= 0.6 is 11.8 Å². The number of hydrogen-bond acceptors (Lipinski definition) is 4. The first kappa shape index (κ1) is 14.4. The Bertz CT molecular complexity index is 438. The normalized spacial score (nSPS) is 19.5. The van der Waals surface area contributed by atoms with Gasteiger partial charge < -0.3 is 14.7 Å². The van der Waals surface area contributed by atoms with Crippen LogP contribution < -0.4 is 0 Å². The highest BCUT2D eigenvalue weighted by atomic mass is 32.2. The standard InChI is InChI=1S/C14H19NO3S/c1-19-10-11-3-2-4-12(7-11)14(17)15-5-6-18-9-13(15)8-16/h2-4,7,13,16H,5-6,8-10H2,1H3. The first-order chi connectivity index (χ1) is 9.26. The van der Waals surface area contributed by atoms with Crippen LogP contribution in [0.5, 0.6) is 0 Å². The van der Waals surface area contributed by atoms with E-state index in [0.717, 1.165) is 11.3 Å². The Hall–Kier alpha value is -1.04. The summed E-state index contributed by atoms with van der Waals surface area (Å²) in [6.45, 7) is 1.42. The first-order valence-corrected chi connectivity index (χ1v) is 7.73. The smallest absolute Gasteiger partial charge is 0.254 e. The molecule has 0 radical (unpaired) electrons. The molecule has 19 heavy (non-hydrogen) atoms. The lowest BCUT2D eigenvalue weighted by atomic mass is 10.1. The van der Waals surface area contributed by atoms with E-state index < -0.39 is 0 Å². The molecular weight excluding hydrogens is 262 g/mol. The topological polar surface area (TPSA) is 49.8 Å². The summed E-state index contributed by atoms with van der Waals surface area (Å²) in [4.78, 5) is 14.2. The summed E-state index contributed by atoms with van der Waals surface area (Å²) in [7, 11) is 0. The van der Waals surface area contributed by atoms with Gasteiger partial charge in [0.05, 0.1) is 25.9 Å². The monoisotopic (exact) mass is 281 g/mol. The summed E-state index contributed by atoms with van der Waals surface area (Å²) in [5.41, 5.74) is 1.83. The van der Waals surface area contributed by atoms with E-state index in [9.17, 15) is 9.90 Å². The van der Waals surface area contributed by atoms with E-state index in [2.05, 4.69) is 0 Å². The fourth-order valence-electron chi connectivity index (χ4n) is 2.20. The number of hydrogen-bond donors (Lipinski definition) is 1. The molecule has 1 aliphatic rings. The van der Waals surface area contributed by atoms with Gasteiger partial charge in [-0.25, -0.2) is 0 Å². The van der Waals surface area contributed by atoms with Gasteiger partial charge in [-0.15, -0.1) is 0 Å². The Kier molecular flexibility index (Phi) is 5.24. The molecule has 0 bridgehead atoms. The van der Waals surface area contributed by atoms with Crippen molar-refractivity contribution in [1.82, 2.24) is 4.90 Å². The van der Waals surface area contributed by atoms with Crippen LogP contribution in [0.3, 0.4) is 0 Å². The largest absolute Gasteiger partial charge is 0.394 e. The number of aliphatic hydroxyl groups excluding tert-OH is 1. The molecule has 1 fully saturated rings. The van der Waals surface area contributed by atoms with E-state index in [1.165, 1.54) is 0 Å². The Morgan fingerprint density at radius 3 is 3.16 bits per heavy atom. The maximum Gasteiger partial charge on any atom is 0.254 e. The van der Waals surface area contributed by atoms with Gasteiger partial charge in [-0.3, -0.25) is 4.79 Å². The first-order valence-electron chi connectivity index (χ1n) is 6.33. The highest BCUT2D eigenvalue weighted by molar-refractivity contribution is 7.97. The lowest BCUT2D eigenvalue weighted by Crippen LogP contribution is -2.50. The zero-order valence-electron chi connectivity index (χ0n) is 11.0. The van der Waals surface area contributed by atoms with E-state index >= 15 is 0 Å². The summed E-state index contributed by atoms with van der Waals surface area (Å²) in [6, 6.07) is 7.47. The predicted molar refractivity (Wildman–Crippen MR) is 76.4 cm³/mol. The molecule has 1 aliphatic heterocycles. The van der Waals surface area contributed by atoms with Crippen molar-refractivity contribution in [2.75, 3.05) is 32.6 Å². The van der Waals surface area contributed by atoms with Crippen LogP contribution in [0.25, 0.3) is 0 Å². The van der Waals surface area contributed by atoms with Gasteiger partial charge in [-0.05, 0) is 24.0 Å². The van der Waals surface area contributed by atoms with Crippen molar-refractivity contribution in [1.29, 1.82) is 0 Å². The molecule has 5 heteroatoms. The number of benzene rings is 1. The molecule has 1 heterocycles. The van der Waals surface area contributed by atoms with Crippen molar-refractivity contribution in [2.45, 2.75) is 11.8 Å². The highest BCUT2D eigenvalue weighted by Crippen LogP contribution is 2.16. The molecule has 1 aromatic rings. The van der Waals surface area contributed by atoms with Gasteiger partial charge in [-0.2, -0.15) is 11.8 Å². The van der Waals surface area contributed by atoms with Crippen molar-refractivity contribution in [2.24, 2.45) is 0 Å². The summed E-state index contributed by atoms with van der Waals surface area (Å²) in [5, 5.41) is 9.32. The number of nitrogens with zero attached hydrogens (tertiary/aromatic N) is 1. The Balaban J connectivity index is 2.15. The molecule has 1 aromatic carbocycles. The Labute approximate surface area is 117 Å². The third kappa shape index (κ3) is 3.49. The number of ether oxygens (including phenoxy) is 1. The maximum atomic E-state index is 12.5. The number of rotatable bonds is 4. The summed E-state index contributed by atoms with van der Waals surface area (Å²) < 4.78 is 5.29. The second-order valence-corrected chi connectivity index (χ2v) is 5.41. The van der Waals surface area contributed by atoms with Gasteiger partial charge in [0.25, 0.3) is 5.91 Å². The van der Waals surface area contributed by atoms with E-state index in [1.54, 1.807) is 16.7 Å². The molecule has 4 nitrogen and oxygen atoms in total. The van der Waals surface area contributed by atoms with Crippen molar-refractivity contribution in [3.63, 3.8) is 0 Å². The van der Waals surface area contributed by atoms with Crippen LogP contribution in [0.2, 0.25) is 0 Å². The molecule has 1 N–H and O–H groups in total. The second kappa shape index (κ2) is 6.93. The van der Waals surface area contributed by atoms with Crippen molar-refractivity contribution < 1.29 is 14.6 Å². The highest BCUT2D eigenvalue weighted by Gasteiger charge is 2.27. The van der Waals surface area contributed by atoms with E-state index in [4.69, 9.17) is 4.74 Å². The van der Waals surface area contributed by atoms with Gasteiger partial charge in [0.1, 0.15) is 0 Å². The average molecular weight is 281 g/mol. The van der Waals surface area contributed by atoms with Gasteiger partial charge >= 0.3 is 0 Å². The molecule has 0 aromatic heterocycles. The van der Waals surface area contributed by atoms with Crippen LogP contribution in [0.4, 0.5) is 0 Å². The van der Waals surface area contributed by atoms with Gasteiger partial charge in [0.2, 0.25) is 0 Å².